The van der Waals surface area contributed by atoms with E-state index in [0.717, 1.165) is 26.2 Å². The maximum absolute atomic E-state index is 9.81. The highest BCUT2D eigenvalue weighted by atomic mass is 32.2. The fraction of sp³-hybridized carbons (Fsp3) is 0.625. The van der Waals surface area contributed by atoms with Crippen LogP contribution < -0.4 is 5.32 Å². The number of aliphatic hydroxyl groups excluding tert-OH is 1. The molecule has 2 N–H and O–H groups in total. The number of rotatable bonds is 5. The van der Waals surface area contributed by atoms with Crippen molar-refractivity contribution in [3.63, 3.8) is 0 Å². The Morgan fingerprint density at radius 1 is 1.25 bits per heavy atom. The van der Waals surface area contributed by atoms with Gasteiger partial charge in [-0.15, -0.1) is 11.8 Å². The van der Waals surface area contributed by atoms with E-state index < -0.39 is 0 Å². The first-order valence-corrected chi connectivity index (χ1v) is 8.50. The monoisotopic (exact) mass is 294 g/mol. The summed E-state index contributed by atoms with van der Waals surface area (Å²) < 4.78 is 0. The second-order valence-corrected chi connectivity index (χ2v) is 6.99. The SMILES string of the molecule is CSc1ccc([C@@H](N2CCNCC2)C(C)(C)CO)cc1. The van der Waals surface area contributed by atoms with Crippen LogP contribution in [0, 0.1) is 5.41 Å². The Morgan fingerprint density at radius 3 is 2.35 bits per heavy atom. The molecule has 1 fully saturated rings. The van der Waals surface area contributed by atoms with E-state index in [1.165, 1.54) is 10.5 Å². The summed E-state index contributed by atoms with van der Waals surface area (Å²) in [5.41, 5.74) is 1.17. The van der Waals surface area contributed by atoms with Crippen LogP contribution in [0.5, 0.6) is 0 Å². The molecule has 112 valence electrons. The number of hydrogen-bond acceptors (Lipinski definition) is 4. The van der Waals surface area contributed by atoms with Gasteiger partial charge >= 0.3 is 0 Å². The summed E-state index contributed by atoms with van der Waals surface area (Å²) in [6, 6.07) is 9.07. The smallest absolute Gasteiger partial charge is 0.0500 e. The summed E-state index contributed by atoms with van der Waals surface area (Å²) in [7, 11) is 0. The van der Waals surface area contributed by atoms with Crippen LogP contribution in [0.2, 0.25) is 0 Å². The predicted molar refractivity (Wildman–Crippen MR) is 86.3 cm³/mol. The number of benzene rings is 1. The van der Waals surface area contributed by atoms with Crippen molar-refractivity contribution >= 4 is 11.8 Å². The van der Waals surface area contributed by atoms with Crippen LogP contribution in [0.25, 0.3) is 0 Å². The number of piperazine rings is 1. The van der Waals surface area contributed by atoms with E-state index >= 15 is 0 Å². The van der Waals surface area contributed by atoms with Crippen molar-refractivity contribution in [3.8, 4) is 0 Å². The third-order valence-electron chi connectivity index (χ3n) is 4.10. The molecule has 0 amide bonds. The van der Waals surface area contributed by atoms with Gasteiger partial charge < -0.3 is 10.4 Å². The maximum atomic E-state index is 9.81. The highest BCUT2D eigenvalue weighted by Gasteiger charge is 2.35. The molecule has 1 saturated heterocycles. The van der Waals surface area contributed by atoms with Gasteiger partial charge in [-0.1, -0.05) is 26.0 Å². The normalized spacial score (nSPS) is 19.0. The molecule has 0 bridgehead atoms. The third-order valence-corrected chi connectivity index (χ3v) is 4.84. The molecule has 1 atom stereocenters. The molecule has 0 unspecified atom stereocenters. The van der Waals surface area contributed by atoms with E-state index in [0.29, 0.717) is 0 Å². The maximum Gasteiger partial charge on any atom is 0.0500 e. The average Bonchev–Trinajstić information content (AvgIpc) is 2.49. The molecule has 1 heterocycles. The van der Waals surface area contributed by atoms with Crippen molar-refractivity contribution in [2.24, 2.45) is 5.41 Å². The zero-order valence-electron chi connectivity index (χ0n) is 12.7. The Kier molecular flexibility index (Phi) is 5.49. The molecule has 1 aromatic carbocycles. The molecular formula is C16H26N2OS. The van der Waals surface area contributed by atoms with Gasteiger partial charge in [-0.3, -0.25) is 4.90 Å². The van der Waals surface area contributed by atoms with Crippen LogP contribution in [0.4, 0.5) is 0 Å². The van der Waals surface area contributed by atoms with Crippen LogP contribution in [0.3, 0.4) is 0 Å². The Bertz CT molecular complexity index is 413. The quantitative estimate of drug-likeness (QED) is 0.817. The lowest BCUT2D eigenvalue weighted by molar-refractivity contribution is 0.0305. The van der Waals surface area contributed by atoms with Crippen LogP contribution >= 0.6 is 11.8 Å². The molecule has 2 rings (SSSR count). The lowest BCUT2D eigenvalue weighted by Crippen LogP contribution is -2.49. The first-order valence-electron chi connectivity index (χ1n) is 7.28. The molecule has 4 heteroatoms. The van der Waals surface area contributed by atoms with E-state index in [-0.39, 0.29) is 18.1 Å². The number of aliphatic hydroxyl groups is 1. The molecule has 0 radical (unpaired) electrons. The molecular weight excluding hydrogens is 268 g/mol. The largest absolute Gasteiger partial charge is 0.396 e. The standard InChI is InChI=1S/C16H26N2OS/c1-16(2,12-19)15(18-10-8-17-9-11-18)13-4-6-14(20-3)7-5-13/h4-7,15,17,19H,8-12H2,1-3H3/t15-/m1/s1. The van der Waals surface area contributed by atoms with Gasteiger partial charge in [-0.05, 0) is 24.0 Å². The molecule has 1 aliphatic rings. The first kappa shape index (κ1) is 15.8. The van der Waals surface area contributed by atoms with Gasteiger partial charge in [0.25, 0.3) is 0 Å². The van der Waals surface area contributed by atoms with E-state index in [9.17, 15) is 5.11 Å². The highest BCUT2D eigenvalue weighted by Crippen LogP contribution is 2.38. The molecule has 3 nitrogen and oxygen atoms in total. The second-order valence-electron chi connectivity index (χ2n) is 6.11. The molecule has 1 aromatic rings. The molecule has 0 saturated carbocycles. The Hall–Kier alpha value is -0.550. The van der Waals surface area contributed by atoms with E-state index in [4.69, 9.17) is 0 Å². The van der Waals surface area contributed by atoms with Crippen LogP contribution in [0.15, 0.2) is 29.2 Å². The average molecular weight is 294 g/mol. The Labute approximate surface area is 126 Å². The lowest BCUT2D eigenvalue weighted by Gasteiger charge is -2.43. The van der Waals surface area contributed by atoms with Crippen LogP contribution in [-0.2, 0) is 0 Å². The number of nitrogens with one attached hydrogen (secondary N) is 1. The molecule has 0 aliphatic carbocycles. The van der Waals surface area contributed by atoms with Crippen molar-refractivity contribution < 1.29 is 5.11 Å². The topological polar surface area (TPSA) is 35.5 Å². The molecule has 0 spiro atoms. The Balaban J connectivity index is 2.29. The Morgan fingerprint density at radius 2 is 1.85 bits per heavy atom. The zero-order chi connectivity index (χ0) is 14.6. The molecule has 1 aliphatic heterocycles. The van der Waals surface area contributed by atoms with Gasteiger partial charge in [-0.25, -0.2) is 0 Å². The van der Waals surface area contributed by atoms with Crippen LogP contribution in [-0.4, -0.2) is 49.0 Å². The fourth-order valence-corrected chi connectivity index (χ4v) is 3.38. The van der Waals surface area contributed by atoms with Gasteiger partial charge in [0.2, 0.25) is 0 Å². The third kappa shape index (κ3) is 3.55. The molecule has 0 aromatic heterocycles. The highest BCUT2D eigenvalue weighted by molar-refractivity contribution is 7.98. The van der Waals surface area contributed by atoms with Crippen molar-refractivity contribution in [1.29, 1.82) is 0 Å². The first-order chi connectivity index (χ1) is 9.58. The van der Waals surface area contributed by atoms with Gasteiger partial charge in [0.15, 0.2) is 0 Å². The summed E-state index contributed by atoms with van der Waals surface area (Å²) >= 11 is 1.77. The van der Waals surface area contributed by atoms with Crippen molar-refractivity contribution in [2.75, 3.05) is 39.0 Å². The van der Waals surface area contributed by atoms with Crippen molar-refractivity contribution in [2.45, 2.75) is 24.8 Å². The lowest BCUT2D eigenvalue weighted by atomic mass is 9.80. The van der Waals surface area contributed by atoms with Gasteiger partial charge in [0, 0.05) is 49.1 Å². The number of hydrogen-bond donors (Lipinski definition) is 2. The summed E-state index contributed by atoms with van der Waals surface area (Å²) in [4.78, 5) is 3.79. The van der Waals surface area contributed by atoms with Crippen molar-refractivity contribution in [3.05, 3.63) is 29.8 Å². The predicted octanol–water partition coefficient (Wildman–Crippen LogP) is 2.37. The zero-order valence-corrected chi connectivity index (χ0v) is 13.5. The minimum absolute atomic E-state index is 0.141. The minimum atomic E-state index is -0.141. The fourth-order valence-electron chi connectivity index (χ4n) is 2.97. The number of thioether (sulfide) groups is 1. The van der Waals surface area contributed by atoms with E-state index in [1.807, 2.05) is 0 Å². The van der Waals surface area contributed by atoms with Crippen molar-refractivity contribution in [1.82, 2.24) is 10.2 Å². The van der Waals surface area contributed by atoms with E-state index in [2.05, 4.69) is 54.6 Å². The van der Waals surface area contributed by atoms with Gasteiger partial charge in [-0.2, -0.15) is 0 Å². The summed E-state index contributed by atoms with van der Waals surface area (Å²) in [6.07, 6.45) is 2.10. The minimum Gasteiger partial charge on any atom is -0.396 e. The number of nitrogens with zero attached hydrogens (tertiary/aromatic N) is 1. The van der Waals surface area contributed by atoms with Gasteiger partial charge in [0.1, 0.15) is 0 Å². The summed E-state index contributed by atoms with van der Waals surface area (Å²) in [6.45, 7) is 8.65. The summed E-state index contributed by atoms with van der Waals surface area (Å²) in [5, 5.41) is 13.2. The van der Waals surface area contributed by atoms with Crippen LogP contribution in [0.1, 0.15) is 25.5 Å². The van der Waals surface area contributed by atoms with Gasteiger partial charge in [0.05, 0.1) is 0 Å². The van der Waals surface area contributed by atoms with E-state index in [1.54, 1.807) is 11.8 Å². The molecule has 20 heavy (non-hydrogen) atoms. The second kappa shape index (κ2) is 6.94. The summed E-state index contributed by atoms with van der Waals surface area (Å²) in [5.74, 6) is 0.